The van der Waals surface area contributed by atoms with Gasteiger partial charge in [0.05, 0.1) is 12.2 Å². The summed E-state index contributed by atoms with van der Waals surface area (Å²) in [5.41, 5.74) is 0.420. The van der Waals surface area contributed by atoms with E-state index in [0.29, 0.717) is 5.60 Å². The highest BCUT2D eigenvalue weighted by Gasteiger charge is 2.55. The van der Waals surface area contributed by atoms with Crippen LogP contribution in [0.5, 0.6) is 0 Å². The van der Waals surface area contributed by atoms with Gasteiger partial charge in [0.2, 0.25) is 0 Å². The summed E-state index contributed by atoms with van der Waals surface area (Å²) in [5.74, 6) is 2.00. The highest BCUT2D eigenvalue weighted by atomic mass is 16.6. The van der Waals surface area contributed by atoms with E-state index in [1.165, 1.54) is 44.9 Å². The Hall–Kier alpha value is -0.0400. The van der Waals surface area contributed by atoms with Gasteiger partial charge in [0.15, 0.2) is 0 Å². The van der Waals surface area contributed by atoms with E-state index in [1.807, 2.05) is 0 Å². The van der Waals surface area contributed by atoms with Crippen LogP contribution in [0.1, 0.15) is 44.9 Å². The lowest BCUT2D eigenvalue weighted by atomic mass is 9.65. The van der Waals surface area contributed by atoms with Gasteiger partial charge in [-0.3, -0.25) is 0 Å². The van der Waals surface area contributed by atoms with Gasteiger partial charge in [0.1, 0.15) is 0 Å². The molecule has 1 heterocycles. The van der Waals surface area contributed by atoms with E-state index >= 15 is 0 Å². The van der Waals surface area contributed by atoms with Crippen molar-refractivity contribution >= 4 is 0 Å². The summed E-state index contributed by atoms with van der Waals surface area (Å²) < 4.78 is 5.71. The quantitative estimate of drug-likeness (QED) is 0.504. The number of rotatable bonds is 0. The van der Waals surface area contributed by atoms with Crippen LogP contribution in [-0.4, -0.2) is 12.2 Å². The molecule has 3 fully saturated rings. The lowest BCUT2D eigenvalue weighted by molar-refractivity contribution is 0.0680. The Morgan fingerprint density at radius 1 is 1.00 bits per heavy atom. The molecule has 1 saturated heterocycles. The smallest absolute Gasteiger partial charge is 0.0947 e. The molecule has 1 aliphatic heterocycles. The summed E-state index contributed by atoms with van der Waals surface area (Å²) in [5, 5.41) is 0. The largest absolute Gasteiger partial charge is 0.369 e. The second-order valence-corrected chi connectivity index (χ2v) is 4.90. The van der Waals surface area contributed by atoms with E-state index in [-0.39, 0.29) is 0 Å². The number of fused-ring (bicyclic) bond motifs is 2. The normalized spacial score (nSPS) is 52.0. The van der Waals surface area contributed by atoms with Gasteiger partial charge >= 0.3 is 0 Å². The fourth-order valence-electron chi connectivity index (χ4n) is 3.55. The summed E-state index contributed by atoms with van der Waals surface area (Å²) in [7, 11) is 0. The van der Waals surface area contributed by atoms with Crippen molar-refractivity contribution in [2.24, 2.45) is 11.8 Å². The zero-order valence-corrected chi connectivity index (χ0v) is 7.72. The molecule has 0 amide bonds. The molecule has 1 nitrogen and oxygen atoms in total. The first-order valence-corrected chi connectivity index (χ1v) is 5.55. The van der Waals surface area contributed by atoms with E-state index in [1.54, 1.807) is 0 Å². The molecule has 1 spiro atoms. The van der Waals surface area contributed by atoms with Crippen LogP contribution in [0.2, 0.25) is 0 Å². The summed E-state index contributed by atoms with van der Waals surface area (Å²) in [6, 6.07) is 0. The van der Waals surface area contributed by atoms with Gasteiger partial charge < -0.3 is 4.74 Å². The molecule has 0 aromatic carbocycles. The van der Waals surface area contributed by atoms with E-state index in [4.69, 9.17) is 4.74 Å². The number of ether oxygens (including phenoxy) is 1. The van der Waals surface area contributed by atoms with E-state index in [0.717, 1.165) is 18.4 Å². The Morgan fingerprint density at radius 2 is 1.75 bits per heavy atom. The first-order chi connectivity index (χ1) is 5.91. The molecule has 0 bridgehead atoms. The SMILES string of the molecule is C1CCC2C(C1)CCCC21CO1. The molecular weight excluding hydrogens is 148 g/mol. The fraction of sp³-hybridized carbons (Fsp3) is 1.00. The van der Waals surface area contributed by atoms with E-state index < -0.39 is 0 Å². The number of hydrogen-bond donors (Lipinski definition) is 0. The van der Waals surface area contributed by atoms with Crippen LogP contribution in [0.3, 0.4) is 0 Å². The van der Waals surface area contributed by atoms with Crippen LogP contribution < -0.4 is 0 Å². The summed E-state index contributed by atoms with van der Waals surface area (Å²) >= 11 is 0. The third-order valence-electron chi connectivity index (χ3n) is 4.27. The van der Waals surface area contributed by atoms with Gasteiger partial charge in [-0.25, -0.2) is 0 Å². The van der Waals surface area contributed by atoms with Crippen molar-refractivity contribution in [3.63, 3.8) is 0 Å². The van der Waals surface area contributed by atoms with Crippen molar-refractivity contribution in [3.05, 3.63) is 0 Å². The summed E-state index contributed by atoms with van der Waals surface area (Å²) in [4.78, 5) is 0. The monoisotopic (exact) mass is 166 g/mol. The van der Waals surface area contributed by atoms with Crippen molar-refractivity contribution in [1.29, 1.82) is 0 Å². The van der Waals surface area contributed by atoms with Crippen LogP contribution in [0, 0.1) is 11.8 Å². The zero-order valence-electron chi connectivity index (χ0n) is 7.72. The number of hydrogen-bond acceptors (Lipinski definition) is 1. The molecule has 0 radical (unpaired) electrons. The van der Waals surface area contributed by atoms with Gasteiger partial charge in [-0.2, -0.15) is 0 Å². The molecule has 3 rings (SSSR count). The Labute approximate surface area is 74.5 Å². The lowest BCUT2D eigenvalue weighted by Crippen LogP contribution is -2.37. The van der Waals surface area contributed by atoms with Gasteiger partial charge in [0, 0.05) is 0 Å². The van der Waals surface area contributed by atoms with Gasteiger partial charge in [-0.1, -0.05) is 25.7 Å². The molecule has 0 aromatic rings. The molecule has 68 valence electrons. The van der Waals surface area contributed by atoms with Crippen molar-refractivity contribution in [3.8, 4) is 0 Å². The fourth-order valence-corrected chi connectivity index (χ4v) is 3.55. The maximum absolute atomic E-state index is 5.71. The van der Waals surface area contributed by atoms with Crippen LogP contribution >= 0.6 is 0 Å². The first kappa shape index (κ1) is 7.37. The van der Waals surface area contributed by atoms with Crippen LogP contribution in [0.25, 0.3) is 0 Å². The Morgan fingerprint density at radius 3 is 2.58 bits per heavy atom. The Kier molecular flexibility index (Phi) is 1.52. The molecule has 1 heteroatoms. The average Bonchev–Trinajstić information content (AvgIpc) is 2.87. The molecule has 3 atom stereocenters. The summed E-state index contributed by atoms with van der Waals surface area (Å²) in [6.07, 6.45) is 10.2. The zero-order chi connectivity index (χ0) is 8.02. The van der Waals surface area contributed by atoms with E-state index in [9.17, 15) is 0 Å². The standard InChI is InChI=1S/C11H18O/c1-2-6-10-9(4-1)5-3-7-11(10)8-12-11/h9-10H,1-8H2. The second kappa shape index (κ2) is 2.47. The maximum atomic E-state index is 5.71. The maximum Gasteiger partial charge on any atom is 0.0947 e. The molecule has 12 heavy (non-hydrogen) atoms. The van der Waals surface area contributed by atoms with Crippen molar-refractivity contribution < 1.29 is 4.74 Å². The minimum absolute atomic E-state index is 0.420. The minimum atomic E-state index is 0.420. The predicted molar refractivity (Wildman–Crippen MR) is 48.0 cm³/mol. The lowest BCUT2D eigenvalue weighted by Gasteiger charge is -2.39. The molecule has 0 N–H and O–H groups in total. The van der Waals surface area contributed by atoms with Gasteiger partial charge in [0.25, 0.3) is 0 Å². The van der Waals surface area contributed by atoms with Crippen LogP contribution in [0.15, 0.2) is 0 Å². The molecule has 2 aliphatic carbocycles. The average molecular weight is 166 g/mol. The molecule has 0 aromatic heterocycles. The highest BCUT2D eigenvalue weighted by molar-refractivity contribution is 5.04. The van der Waals surface area contributed by atoms with E-state index in [2.05, 4.69) is 0 Å². The number of epoxide rings is 1. The van der Waals surface area contributed by atoms with Crippen molar-refractivity contribution in [2.45, 2.75) is 50.5 Å². The van der Waals surface area contributed by atoms with Crippen LogP contribution in [0.4, 0.5) is 0 Å². The first-order valence-electron chi connectivity index (χ1n) is 5.55. The van der Waals surface area contributed by atoms with Gasteiger partial charge in [-0.15, -0.1) is 0 Å². The molecule has 3 aliphatic rings. The Balaban J connectivity index is 1.80. The minimum Gasteiger partial charge on any atom is -0.369 e. The summed E-state index contributed by atoms with van der Waals surface area (Å²) in [6.45, 7) is 1.09. The molecule has 3 unspecified atom stereocenters. The highest BCUT2D eigenvalue weighted by Crippen LogP contribution is 2.53. The molecule has 2 saturated carbocycles. The molecular formula is C11H18O. The van der Waals surface area contributed by atoms with Crippen molar-refractivity contribution in [1.82, 2.24) is 0 Å². The van der Waals surface area contributed by atoms with Gasteiger partial charge in [-0.05, 0) is 31.1 Å². The third-order valence-corrected chi connectivity index (χ3v) is 4.27. The third kappa shape index (κ3) is 0.953. The topological polar surface area (TPSA) is 12.5 Å². The predicted octanol–water partition coefficient (Wildman–Crippen LogP) is 2.75. The second-order valence-electron chi connectivity index (χ2n) is 4.90. The van der Waals surface area contributed by atoms with Crippen molar-refractivity contribution in [2.75, 3.05) is 6.61 Å². The Bertz CT molecular complexity index is 181. The van der Waals surface area contributed by atoms with Crippen LogP contribution in [-0.2, 0) is 4.74 Å².